The van der Waals surface area contributed by atoms with Crippen LogP contribution in [0.1, 0.15) is 26.7 Å². The zero-order valence-electron chi connectivity index (χ0n) is 22.2. The Hall–Kier alpha value is -1.66. The molecule has 0 saturated carbocycles. The Morgan fingerprint density at radius 3 is 1.84 bits per heavy atom. The number of alkyl halides is 1. The Kier molecular flexibility index (Phi) is 20.3. The number of carbonyl (C=O) groups excluding carboxylic acids is 2. The Bertz CT molecular complexity index is 943. The molecule has 0 aliphatic rings. The third-order valence-electron chi connectivity index (χ3n) is 4.50. The lowest BCUT2D eigenvalue weighted by molar-refractivity contribution is -0.116. The van der Waals surface area contributed by atoms with Gasteiger partial charge >= 0.3 is 0 Å². The fourth-order valence-corrected chi connectivity index (χ4v) is 3.75. The van der Waals surface area contributed by atoms with E-state index in [1.807, 2.05) is 24.3 Å². The maximum Gasteiger partial charge on any atom is 0.223 e. The van der Waals surface area contributed by atoms with E-state index in [1.165, 1.54) is 6.92 Å². The molecular weight excluding hydrogens is 676 g/mol. The van der Waals surface area contributed by atoms with Gasteiger partial charge in [-0.25, -0.2) is 0 Å². The number of benzene rings is 2. The van der Waals surface area contributed by atoms with Crippen molar-refractivity contribution in [2.45, 2.75) is 26.7 Å². The smallest absolute Gasteiger partial charge is 0.223 e. The van der Waals surface area contributed by atoms with Gasteiger partial charge < -0.3 is 29.2 Å². The Labute approximate surface area is 245 Å². The van der Waals surface area contributed by atoms with Crippen molar-refractivity contribution in [2.24, 2.45) is 0 Å². The number of amides is 2. The molecule has 8 nitrogen and oxygen atoms in total. The number of hydrogen-bond acceptors (Lipinski definition) is 6. The molecule has 0 aromatic heterocycles. The van der Waals surface area contributed by atoms with E-state index in [4.69, 9.17) is 18.9 Å². The molecule has 2 aromatic rings. The fraction of sp³-hybridized carbons (Fsp3) is 0.462. The maximum absolute atomic E-state index is 11.7. The molecule has 1 N–H and O–H groups in total. The van der Waals surface area contributed by atoms with E-state index in [0.717, 1.165) is 39.4 Å². The maximum atomic E-state index is 11.7. The van der Waals surface area contributed by atoms with Crippen molar-refractivity contribution >= 4 is 71.0 Å². The van der Waals surface area contributed by atoms with Crippen LogP contribution in [-0.2, 0) is 19.1 Å². The van der Waals surface area contributed by atoms with Crippen LogP contribution in [0.5, 0.6) is 11.5 Å². The molecule has 2 aromatic carbocycles. The largest absolute Gasteiger partial charge is 0.495 e. The van der Waals surface area contributed by atoms with Gasteiger partial charge in [0.05, 0.1) is 25.6 Å². The van der Waals surface area contributed by atoms with Gasteiger partial charge in [0.25, 0.3) is 0 Å². The second kappa shape index (κ2) is 21.3. The van der Waals surface area contributed by atoms with Crippen LogP contribution in [-0.4, -0.2) is 65.3 Å². The molecule has 208 valence electrons. The number of nitrogens with zero attached hydrogens (tertiary/aromatic N) is 1. The quantitative estimate of drug-likeness (QED) is 0.207. The average Bonchev–Trinajstić information content (AvgIpc) is 2.87. The molecule has 0 unspecified atom stereocenters. The Balaban J connectivity index is 0.000000594. The molecule has 0 saturated heterocycles. The molecule has 2 rings (SSSR count). The highest BCUT2D eigenvalue weighted by molar-refractivity contribution is 9.10. The molecule has 2 amide bonds. The predicted octanol–water partition coefficient (Wildman–Crippen LogP) is 6.68. The number of anilines is 2. The summed E-state index contributed by atoms with van der Waals surface area (Å²) in [6.07, 6.45) is 1.89. The van der Waals surface area contributed by atoms with Gasteiger partial charge in [0.15, 0.2) is 0 Å². The van der Waals surface area contributed by atoms with Crippen LogP contribution in [0.15, 0.2) is 45.3 Å². The molecule has 0 aliphatic carbocycles. The van der Waals surface area contributed by atoms with Gasteiger partial charge in [-0.15, -0.1) is 0 Å². The number of methoxy groups -OCH3 is 4. The van der Waals surface area contributed by atoms with E-state index >= 15 is 0 Å². The molecule has 0 heterocycles. The van der Waals surface area contributed by atoms with Crippen molar-refractivity contribution in [3.05, 3.63) is 45.3 Å². The first kappa shape index (κ1) is 35.3. The van der Waals surface area contributed by atoms with Crippen LogP contribution >= 0.6 is 47.8 Å². The number of halogens is 3. The number of carbonyl (C=O) groups is 2. The zero-order valence-corrected chi connectivity index (χ0v) is 27.0. The van der Waals surface area contributed by atoms with Crippen LogP contribution in [0.3, 0.4) is 0 Å². The van der Waals surface area contributed by atoms with Crippen molar-refractivity contribution in [1.29, 1.82) is 0 Å². The summed E-state index contributed by atoms with van der Waals surface area (Å²) < 4.78 is 22.0. The summed E-state index contributed by atoms with van der Waals surface area (Å²) in [5.41, 5.74) is 1.46. The number of ether oxygens (including phenoxy) is 4. The van der Waals surface area contributed by atoms with Crippen molar-refractivity contribution in [2.75, 3.05) is 63.7 Å². The normalized spacial score (nSPS) is 9.76. The van der Waals surface area contributed by atoms with Gasteiger partial charge in [-0.1, -0.05) is 47.8 Å². The highest BCUT2D eigenvalue weighted by Gasteiger charge is 2.16. The van der Waals surface area contributed by atoms with Gasteiger partial charge in [0.2, 0.25) is 11.8 Å². The first-order valence-electron chi connectivity index (χ1n) is 11.4. The van der Waals surface area contributed by atoms with Crippen LogP contribution in [0.25, 0.3) is 0 Å². The molecular formula is C26H37Br3N2O6. The van der Waals surface area contributed by atoms with Crippen molar-refractivity contribution in [1.82, 2.24) is 0 Å². The van der Waals surface area contributed by atoms with E-state index in [9.17, 15) is 9.59 Å². The highest BCUT2D eigenvalue weighted by Crippen LogP contribution is 2.31. The van der Waals surface area contributed by atoms with Gasteiger partial charge in [0, 0.05) is 62.1 Å². The molecule has 37 heavy (non-hydrogen) atoms. The van der Waals surface area contributed by atoms with E-state index in [1.54, 1.807) is 52.4 Å². The lowest BCUT2D eigenvalue weighted by Gasteiger charge is -2.23. The van der Waals surface area contributed by atoms with Crippen LogP contribution in [0, 0.1) is 0 Å². The number of nitrogens with one attached hydrogen (secondary N) is 1. The van der Waals surface area contributed by atoms with Crippen LogP contribution in [0.4, 0.5) is 11.4 Å². The van der Waals surface area contributed by atoms with Crippen molar-refractivity contribution in [3.63, 3.8) is 0 Å². The van der Waals surface area contributed by atoms with Crippen molar-refractivity contribution in [3.8, 4) is 11.5 Å². The molecule has 0 radical (unpaired) electrons. The molecule has 0 bridgehead atoms. The predicted molar refractivity (Wildman–Crippen MR) is 160 cm³/mol. The fourth-order valence-electron chi connectivity index (χ4n) is 2.85. The Morgan fingerprint density at radius 1 is 0.838 bits per heavy atom. The minimum Gasteiger partial charge on any atom is -0.495 e. The number of hydrogen-bond donors (Lipinski definition) is 1. The SMILES string of the molecule is COCCCBr.COCCCN(C(C)=O)c1ccc(Br)cc1OC.COc1cc(Br)ccc1NC(C)=O. The van der Waals surface area contributed by atoms with Crippen molar-refractivity contribution < 1.29 is 28.5 Å². The summed E-state index contributed by atoms with van der Waals surface area (Å²) in [4.78, 5) is 24.2. The van der Waals surface area contributed by atoms with Gasteiger partial charge in [-0.3, -0.25) is 9.59 Å². The number of rotatable bonds is 11. The third-order valence-corrected chi connectivity index (χ3v) is 6.05. The molecule has 0 aliphatic heterocycles. The van der Waals surface area contributed by atoms with E-state index < -0.39 is 0 Å². The minimum atomic E-state index is -0.111. The molecule has 0 atom stereocenters. The Morgan fingerprint density at radius 2 is 1.38 bits per heavy atom. The first-order valence-corrected chi connectivity index (χ1v) is 14.1. The lowest BCUT2D eigenvalue weighted by Crippen LogP contribution is -2.30. The summed E-state index contributed by atoms with van der Waals surface area (Å²) in [5.74, 6) is 1.20. The molecule has 0 spiro atoms. The van der Waals surface area contributed by atoms with Gasteiger partial charge in [-0.2, -0.15) is 0 Å². The van der Waals surface area contributed by atoms with Gasteiger partial charge in [0.1, 0.15) is 11.5 Å². The van der Waals surface area contributed by atoms with E-state index in [0.29, 0.717) is 30.3 Å². The van der Waals surface area contributed by atoms with E-state index in [-0.39, 0.29) is 11.8 Å². The molecule has 11 heteroatoms. The summed E-state index contributed by atoms with van der Waals surface area (Å²) in [5, 5.41) is 3.71. The summed E-state index contributed by atoms with van der Waals surface area (Å²) in [7, 11) is 6.52. The highest BCUT2D eigenvalue weighted by atomic mass is 79.9. The summed E-state index contributed by atoms with van der Waals surface area (Å²) in [6, 6.07) is 11.0. The standard InChI is InChI=1S/C13H18BrNO3.C9H10BrNO2.C4H9BrO/c1-10(16)15(7-4-8-17-2)12-6-5-11(14)9-13(12)18-3;1-6(12)11-8-4-3-7(10)5-9(8)13-2;1-6-4-2-3-5/h5-6,9H,4,7-8H2,1-3H3;3-5H,1-2H3,(H,11,12);2-4H2,1H3. The van der Waals surface area contributed by atoms with Gasteiger partial charge in [-0.05, 0) is 49.2 Å². The van der Waals surface area contributed by atoms with Crippen LogP contribution < -0.4 is 19.7 Å². The monoisotopic (exact) mass is 710 g/mol. The lowest BCUT2D eigenvalue weighted by atomic mass is 10.2. The summed E-state index contributed by atoms with van der Waals surface area (Å²) >= 11 is 9.96. The average molecular weight is 713 g/mol. The molecule has 0 fully saturated rings. The zero-order chi connectivity index (χ0) is 28.2. The third kappa shape index (κ3) is 15.4. The van der Waals surface area contributed by atoms with E-state index in [2.05, 4.69) is 53.1 Å². The second-order valence-electron chi connectivity index (χ2n) is 7.39. The minimum absolute atomic E-state index is 0.00766. The summed E-state index contributed by atoms with van der Waals surface area (Å²) in [6.45, 7) is 5.12. The van der Waals surface area contributed by atoms with Crippen LogP contribution in [0.2, 0.25) is 0 Å². The topological polar surface area (TPSA) is 86.3 Å². The second-order valence-corrected chi connectivity index (χ2v) is 10.0. The first-order chi connectivity index (χ1) is 17.6.